The summed E-state index contributed by atoms with van der Waals surface area (Å²) in [6, 6.07) is 14.9. The predicted molar refractivity (Wildman–Crippen MR) is 122 cm³/mol. The van der Waals surface area contributed by atoms with E-state index in [0.717, 1.165) is 5.56 Å². The summed E-state index contributed by atoms with van der Waals surface area (Å²) < 4.78 is 0. The number of benzene rings is 2. The molecule has 3 heterocycles. The third-order valence-corrected chi connectivity index (χ3v) is 6.91. The first-order chi connectivity index (χ1) is 15.8. The Labute approximate surface area is 192 Å². The van der Waals surface area contributed by atoms with Gasteiger partial charge in [0.25, 0.3) is 0 Å². The lowest BCUT2D eigenvalue weighted by Crippen LogP contribution is -2.65. The summed E-state index contributed by atoms with van der Waals surface area (Å²) in [7, 11) is 0. The average molecular weight is 449 g/mol. The Morgan fingerprint density at radius 2 is 1.64 bits per heavy atom. The molecule has 5 atom stereocenters. The molecule has 0 bridgehead atoms. The van der Waals surface area contributed by atoms with Gasteiger partial charge in [-0.05, 0) is 24.0 Å². The number of piperazine rings is 1. The molecule has 2 fully saturated rings. The van der Waals surface area contributed by atoms with Crippen LogP contribution in [0.25, 0.3) is 0 Å². The smallest absolute Gasteiger partial charge is 0.245 e. The molecule has 33 heavy (non-hydrogen) atoms. The Bertz CT molecular complexity index is 1100. The second-order valence-corrected chi connectivity index (χ2v) is 9.46. The van der Waals surface area contributed by atoms with Gasteiger partial charge in [-0.25, -0.2) is 0 Å². The largest absolute Gasteiger partial charge is 0.381 e. The van der Waals surface area contributed by atoms with Crippen molar-refractivity contribution in [2.45, 2.75) is 56.6 Å². The minimum absolute atomic E-state index is 0.0476. The molecule has 8 nitrogen and oxygen atoms in total. The summed E-state index contributed by atoms with van der Waals surface area (Å²) in [6.07, 6.45) is -0.295. The van der Waals surface area contributed by atoms with Gasteiger partial charge in [0.15, 0.2) is 0 Å². The van der Waals surface area contributed by atoms with Crippen molar-refractivity contribution in [1.29, 1.82) is 0 Å². The van der Waals surface area contributed by atoms with Crippen molar-refractivity contribution in [1.82, 2.24) is 16.0 Å². The minimum atomic E-state index is -1.54. The maximum atomic E-state index is 13.4. The molecule has 0 aromatic heterocycles. The molecule has 2 aromatic carbocycles. The molecule has 0 spiro atoms. The topological polar surface area (TPSA) is 111 Å². The molecule has 2 saturated heterocycles. The number of nitrogens with zero attached hydrogens (tertiary/aromatic N) is 1. The fourth-order valence-corrected chi connectivity index (χ4v) is 5.23. The van der Waals surface area contributed by atoms with E-state index in [1.807, 2.05) is 50.2 Å². The van der Waals surface area contributed by atoms with E-state index < -0.39 is 29.9 Å². The van der Waals surface area contributed by atoms with Crippen LogP contribution in [-0.4, -0.2) is 47.1 Å². The van der Waals surface area contributed by atoms with Crippen LogP contribution in [0.5, 0.6) is 0 Å². The molecule has 3 aliphatic rings. The van der Waals surface area contributed by atoms with Gasteiger partial charge in [-0.2, -0.15) is 0 Å². The van der Waals surface area contributed by atoms with Gasteiger partial charge in [0.05, 0.1) is 11.7 Å². The molecule has 0 radical (unpaired) electrons. The van der Waals surface area contributed by atoms with E-state index in [1.165, 1.54) is 0 Å². The third kappa shape index (κ3) is 3.50. The van der Waals surface area contributed by atoms with Crippen molar-refractivity contribution in [3.8, 4) is 0 Å². The fraction of sp³-hybridized carbons (Fsp3) is 0.400. The molecular formula is C25H28N4O4. The van der Waals surface area contributed by atoms with E-state index in [4.69, 9.17) is 0 Å². The summed E-state index contributed by atoms with van der Waals surface area (Å²) in [5, 5.41) is 20.8. The number of para-hydroxylation sites is 1. The number of fused-ring (bicyclic) bond motifs is 3. The first-order valence-electron chi connectivity index (χ1n) is 11.4. The zero-order chi connectivity index (χ0) is 23.3. The standard InChI is InChI=1S/C25H28N4O4/c1-14(2)20-22(31)26-18(21(30)28-20)13-25(33)16-10-6-7-11-19(16)29-23(32)17(27-24(25)29)12-15-8-4-3-5-9-15/h3-11,14,17-18,20,24,27,33H,12-13H2,1-2H3,(H,26,31)(H,28,30)/t17-,18-,20-,24+,25-/m1/s1. The van der Waals surface area contributed by atoms with Crippen molar-refractivity contribution < 1.29 is 19.5 Å². The Morgan fingerprint density at radius 3 is 2.36 bits per heavy atom. The van der Waals surface area contributed by atoms with Gasteiger partial charge in [-0.1, -0.05) is 62.4 Å². The summed E-state index contributed by atoms with van der Waals surface area (Å²) >= 11 is 0. The quantitative estimate of drug-likeness (QED) is 0.541. The Balaban J connectivity index is 1.44. The minimum Gasteiger partial charge on any atom is -0.381 e. The van der Waals surface area contributed by atoms with Crippen molar-refractivity contribution in [3.63, 3.8) is 0 Å². The molecule has 3 aliphatic heterocycles. The monoisotopic (exact) mass is 448 g/mol. The van der Waals surface area contributed by atoms with Crippen LogP contribution in [0, 0.1) is 5.92 Å². The first kappa shape index (κ1) is 21.6. The van der Waals surface area contributed by atoms with E-state index in [9.17, 15) is 19.5 Å². The Kier molecular flexibility index (Phi) is 5.22. The molecule has 8 heteroatoms. The number of carbonyl (C=O) groups is 3. The van der Waals surface area contributed by atoms with E-state index in [2.05, 4.69) is 16.0 Å². The van der Waals surface area contributed by atoms with Crippen LogP contribution in [0.15, 0.2) is 54.6 Å². The van der Waals surface area contributed by atoms with Crippen LogP contribution < -0.4 is 20.9 Å². The lowest BCUT2D eigenvalue weighted by atomic mass is 9.85. The Hall–Kier alpha value is -3.23. The predicted octanol–water partition coefficient (Wildman–Crippen LogP) is 0.791. The lowest BCUT2D eigenvalue weighted by molar-refractivity contribution is -0.140. The maximum absolute atomic E-state index is 13.4. The second kappa shape index (κ2) is 7.97. The van der Waals surface area contributed by atoms with Gasteiger partial charge in [0, 0.05) is 12.0 Å². The normalized spacial score (nSPS) is 30.8. The number of hydrogen-bond acceptors (Lipinski definition) is 5. The van der Waals surface area contributed by atoms with Crippen LogP contribution in [0.3, 0.4) is 0 Å². The van der Waals surface area contributed by atoms with Gasteiger partial charge < -0.3 is 15.7 Å². The van der Waals surface area contributed by atoms with E-state index >= 15 is 0 Å². The van der Waals surface area contributed by atoms with Gasteiger partial charge in [0.2, 0.25) is 17.7 Å². The van der Waals surface area contributed by atoms with E-state index in [1.54, 1.807) is 23.1 Å². The number of carbonyl (C=O) groups excluding carboxylic acids is 3. The number of aliphatic hydroxyl groups is 1. The highest BCUT2D eigenvalue weighted by atomic mass is 16.3. The molecule has 4 N–H and O–H groups in total. The molecule has 0 unspecified atom stereocenters. The van der Waals surface area contributed by atoms with Gasteiger partial charge in [-0.3, -0.25) is 24.6 Å². The van der Waals surface area contributed by atoms with Crippen molar-refractivity contribution >= 4 is 23.4 Å². The lowest BCUT2D eigenvalue weighted by Gasteiger charge is -2.37. The van der Waals surface area contributed by atoms with E-state index in [-0.39, 0.29) is 30.1 Å². The number of nitrogens with one attached hydrogen (secondary N) is 3. The van der Waals surface area contributed by atoms with Crippen LogP contribution in [0.1, 0.15) is 31.4 Å². The van der Waals surface area contributed by atoms with Crippen LogP contribution >= 0.6 is 0 Å². The zero-order valence-electron chi connectivity index (χ0n) is 18.6. The molecular weight excluding hydrogens is 420 g/mol. The number of amides is 3. The van der Waals surface area contributed by atoms with E-state index in [0.29, 0.717) is 17.7 Å². The highest BCUT2D eigenvalue weighted by Gasteiger charge is 2.59. The summed E-state index contributed by atoms with van der Waals surface area (Å²) in [6.45, 7) is 3.73. The summed E-state index contributed by atoms with van der Waals surface area (Å²) in [4.78, 5) is 40.4. The fourth-order valence-electron chi connectivity index (χ4n) is 5.23. The molecule has 0 aliphatic carbocycles. The first-order valence-corrected chi connectivity index (χ1v) is 11.4. The summed E-state index contributed by atoms with van der Waals surface area (Å²) in [5.74, 6) is -0.764. The highest BCUT2D eigenvalue weighted by Crippen LogP contribution is 2.48. The number of hydrogen-bond donors (Lipinski definition) is 4. The molecule has 5 rings (SSSR count). The SMILES string of the molecule is CC(C)[C@H]1NC(=O)[C@@H](C[C@@]2(O)c3ccccc3N3C(=O)[C@@H](Cc4ccccc4)N[C@@H]32)NC1=O. The maximum Gasteiger partial charge on any atom is 0.245 e. The summed E-state index contributed by atoms with van der Waals surface area (Å²) in [5.41, 5.74) is 0.667. The zero-order valence-corrected chi connectivity index (χ0v) is 18.6. The van der Waals surface area contributed by atoms with Gasteiger partial charge in [0.1, 0.15) is 23.9 Å². The average Bonchev–Trinajstić information content (AvgIpc) is 3.24. The van der Waals surface area contributed by atoms with Crippen LogP contribution in [0.2, 0.25) is 0 Å². The molecule has 2 aromatic rings. The molecule has 0 saturated carbocycles. The van der Waals surface area contributed by atoms with Crippen LogP contribution in [0.4, 0.5) is 5.69 Å². The van der Waals surface area contributed by atoms with Crippen molar-refractivity contribution in [2.24, 2.45) is 5.92 Å². The number of rotatable bonds is 5. The number of anilines is 1. The van der Waals surface area contributed by atoms with Gasteiger partial charge >= 0.3 is 0 Å². The van der Waals surface area contributed by atoms with Crippen LogP contribution in [-0.2, 0) is 26.4 Å². The molecule has 3 amide bonds. The van der Waals surface area contributed by atoms with Crippen molar-refractivity contribution in [2.75, 3.05) is 4.90 Å². The Morgan fingerprint density at radius 1 is 0.939 bits per heavy atom. The van der Waals surface area contributed by atoms with Gasteiger partial charge in [-0.15, -0.1) is 0 Å². The molecule has 172 valence electrons. The van der Waals surface area contributed by atoms with Crippen molar-refractivity contribution in [3.05, 3.63) is 65.7 Å². The second-order valence-electron chi connectivity index (χ2n) is 9.46. The third-order valence-electron chi connectivity index (χ3n) is 6.91. The highest BCUT2D eigenvalue weighted by molar-refractivity contribution is 6.03.